The number of pyridine rings is 1. The molecule has 5 heteroatoms. The molecule has 2 aromatic rings. The standard InChI is InChI=1S/C15H17N3O2/c1-3-20-15(19)18-14-9-8-13(10-16-14)17-12-6-4-11(2)5-7-12/h4-10,17H,3H2,1-2H3,(H,16,18,19). The number of rotatable bonds is 4. The molecule has 1 aromatic carbocycles. The van der Waals surface area contributed by atoms with Crippen molar-refractivity contribution in [3.8, 4) is 0 Å². The highest BCUT2D eigenvalue weighted by Gasteiger charge is 2.02. The quantitative estimate of drug-likeness (QED) is 0.890. The first-order chi connectivity index (χ1) is 9.67. The van der Waals surface area contributed by atoms with Crippen LogP contribution in [0.15, 0.2) is 42.6 Å². The van der Waals surface area contributed by atoms with E-state index in [4.69, 9.17) is 4.74 Å². The first-order valence-corrected chi connectivity index (χ1v) is 6.41. The second kappa shape index (κ2) is 6.56. The van der Waals surface area contributed by atoms with Crippen molar-refractivity contribution in [2.75, 3.05) is 17.2 Å². The van der Waals surface area contributed by atoms with Crippen LogP contribution >= 0.6 is 0 Å². The second-order valence-electron chi connectivity index (χ2n) is 4.27. The fourth-order valence-corrected chi connectivity index (χ4v) is 1.62. The Hall–Kier alpha value is -2.56. The molecule has 5 nitrogen and oxygen atoms in total. The normalized spacial score (nSPS) is 9.90. The Labute approximate surface area is 118 Å². The predicted octanol–water partition coefficient (Wildman–Crippen LogP) is 3.70. The summed E-state index contributed by atoms with van der Waals surface area (Å²) in [6, 6.07) is 11.6. The molecule has 1 aromatic heterocycles. The maximum absolute atomic E-state index is 11.2. The minimum atomic E-state index is -0.501. The molecule has 0 radical (unpaired) electrons. The van der Waals surface area contributed by atoms with Gasteiger partial charge in [-0.05, 0) is 38.1 Å². The van der Waals surface area contributed by atoms with Gasteiger partial charge in [0.05, 0.1) is 18.5 Å². The Morgan fingerprint density at radius 2 is 1.85 bits per heavy atom. The molecular formula is C15H17N3O2. The average molecular weight is 271 g/mol. The van der Waals surface area contributed by atoms with Crippen LogP contribution < -0.4 is 10.6 Å². The SMILES string of the molecule is CCOC(=O)Nc1ccc(Nc2ccc(C)cc2)cn1. The number of aromatic nitrogens is 1. The number of hydrogen-bond donors (Lipinski definition) is 2. The summed E-state index contributed by atoms with van der Waals surface area (Å²) in [7, 11) is 0. The van der Waals surface area contributed by atoms with Crippen molar-refractivity contribution in [1.82, 2.24) is 4.98 Å². The Morgan fingerprint density at radius 3 is 2.45 bits per heavy atom. The Kier molecular flexibility index (Phi) is 4.55. The molecule has 1 amide bonds. The van der Waals surface area contributed by atoms with Crippen LogP contribution in [-0.4, -0.2) is 17.7 Å². The summed E-state index contributed by atoms with van der Waals surface area (Å²) in [5, 5.41) is 5.77. The third kappa shape index (κ3) is 3.98. The molecule has 0 aliphatic rings. The summed E-state index contributed by atoms with van der Waals surface area (Å²) < 4.78 is 4.78. The lowest BCUT2D eigenvalue weighted by Gasteiger charge is -2.08. The van der Waals surface area contributed by atoms with E-state index in [-0.39, 0.29) is 0 Å². The van der Waals surface area contributed by atoms with Gasteiger partial charge in [-0.3, -0.25) is 5.32 Å². The van der Waals surface area contributed by atoms with Gasteiger partial charge in [0.25, 0.3) is 0 Å². The van der Waals surface area contributed by atoms with Gasteiger partial charge in [0.2, 0.25) is 0 Å². The second-order valence-corrected chi connectivity index (χ2v) is 4.27. The zero-order chi connectivity index (χ0) is 14.4. The minimum Gasteiger partial charge on any atom is -0.450 e. The molecule has 0 unspecified atom stereocenters. The minimum absolute atomic E-state index is 0.332. The summed E-state index contributed by atoms with van der Waals surface area (Å²) >= 11 is 0. The zero-order valence-corrected chi connectivity index (χ0v) is 11.5. The predicted molar refractivity (Wildman–Crippen MR) is 79.3 cm³/mol. The summed E-state index contributed by atoms with van der Waals surface area (Å²) in [6.45, 7) is 4.13. The van der Waals surface area contributed by atoms with Gasteiger partial charge >= 0.3 is 6.09 Å². The van der Waals surface area contributed by atoms with E-state index in [9.17, 15) is 4.79 Å². The third-order valence-electron chi connectivity index (χ3n) is 2.61. The molecule has 0 aliphatic carbocycles. The molecule has 0 saturated heterocycles. The van der Waals surface area contributed by atoms with E-state index in [0.717, 1.165) is 11.4 Å². The lowest BCUT2D eigenvalue weighted by atomic mass is 10.2. The average Bonchev–Trinajstić information content (AvgIpc) is 2.44. The van der Waals surface area contributed by atoms with E-state index in [2.05, 4.69) is 15.6 Å². The summed E-state index contributed by atoms with van der Waals surface area (Å²) in [6.07, 6.45) is 1.15. The van der Waals surface area contributed by atoms with Crippen molar-refractivity contribution in [3.05, 3.63) is 48.2 Å². The Balaban J connectivity index is 1.97. The van der Waals surface area contributed by atoms with Crippen molar-refractivity contribution < 1.29 is 9.53 Å². The molecule has 0 bridgehead atoms. The van der Waals surface area contributed by atoms with E-state index in [1.54, 1.807) is 19.2 Å². The number of carbonyl (C=O) groups excluding carboxylic acids is 1. The van der Waals surface area contributed by atoms with Gasteiger partial charge in [-0.1, -0.05) is 17.7 Å². The molecule has 2 rings (SSSR count). The highest BCUT2D eigenvalue weighted by atomic mass is 16.5. The lowest BCUT2D eigenvalue weighted by Crippen LogP contribution is -2.14. The number of carbonyl (C=O) groups is 1. The van der Waals surface area contributed by atoms with Crippen LogP contribution in [-0.2, 0) is 4.74 Å². The first kappa shape index (κ1) is 13.9. The molecule has 0 spiro atoms. The molecular weight excluding hydrogens is 254 g/mol. The van der Waals surface area contributed by atoms with Gasteiger partial charge in [0.1, 0.15) is 5.82 Å². The molecule has 0 atom stereocenters. The van der Waals surface area contributed by atoms with Crippen molar-refractivity contribution in [2.24, 2.45) is 0 Å². The lowest BCUT2D eigenvalue weighted by molar-refractivity contribution is 0.168. The number of anilines is 3. The van der Waals surface area contributed by atoms with Crippen molar-refractivity contribution in [3.63, 3.8) is 0 Å². The van der Waals surface area contributed by atoms with E-state index in [1.807, 2.05) is 37.3 Å². The monoisotopic (exact) mass is 271 g/mol. The number of benzene rings is 1. The Morgan fingerprint density at radius 1 is 1.15 bits per heavy atom. The van der Waals surface area contributed by atoms with E-state index < -0.39 is 6.09 Å². The van der Waals surface area contributed by atoms with Crippen LogP contribution in [0.5, 0.6) is 0 Å². The van der Waals surface area contributed by atoms with Crippen molar-refractivity contribution >= 4 is 23.3 Å². The van der Waals surface area contributed by atoms with Gasteiger partial charge in [0.15, 0.2) is 0 Å². The Bertz CT molecular complexity index is 565. The summed E-state index contributed by atoms with van der Waals surface area (Å²) in [5.41, 5.74) is 3.05. The molecule has 2 N–H and O–H groups in total. The highest BCUT2D eigenvalue weighted by Crippen LogP contribution is 2.17. The van der Waals surface area contributed by atoms with Crippen LogP contribution in [0.25, 0.3) is 0 Å². The van der Waals surface area contributed by atoms with Crippen LogP contribution in [0.1, 0.15) is 12.5 Å². The van der Waals surface area contributed by atoms with E-state index >= 15 is 0 Å². The molecule has 20 heavy (non-hydrogen) atoms. The number of ether oxygens (including phenoxy) is 1. The van der Waals surface area contributed by atoms with E-state index in [0.29, 0.717) is 12.4 Å². The zero-order valence-electron chi connectivity index (χ0n) is 11.5. The largest absolute Gasteiger partial charge is 0.450 e. The van der Waals surface area contributed by atoms with Crippen molar-refractivity contribution in [1.29, 1.82) is 0 Å². The summed E-state index contributed by atoms with van der Waals surface area (Å²) in [5.74, 6) is 0.456. The van der Waals surface area contributed by atoms with Crippen molar-refractivity contribution in [2.45, 2.75) is 13.8 Å². The van der Waals surface area contributed by atoms with Crippen LogP contribution in [0, 0.1) is 6.92 Å². The number of nitrogens with zero attached hydrogens (tertiary/aromatic N) is 1. The number of aryl methyl sites for hydroxylation is 1. The number of nitrogens with one attached hydrogen (secondary N) is 2. The number of amides is 1. The van der Waals surface area contributed by atoms with Gasteiger partial charge in [-0.2, -0.15) is 0 Å². The van der Waals surface area contributed by atoms with E-state index in [1.165, 1.54) is 5.56 Å². The molecule has 0 aliphatic heterocycles. The van der Waals surface area contributed by atoms with Gasteiger partial charge < -0.3 is 10.1 Å². The number of hydrogen-bond acceptors (Lipinski definition) is 4. The fraction of sp³-hybridized carbons (Fsp3) is 0.200. The maximum atomic E-state index is 11.2. The summed E-state index contributed by atoms with van der Waals surface area (Å²) in [4.78, 5) is 15.4. The first-order valence-electron chi connectivity index (χ1n) is 6.41. The van der Waals surface area contributed by atoms with Gasteiger partial charge in [0, 0.05) is 5.69 Å². The van der Waals surface area contributed by atoms with Crippen LogP contribution in [0.2, 0.25) is 0 Å². The van der Waals surface area contributed by atoms with Gasteiger partial charge in [-0.15, -0.1) is 0 Å². The maximum Gasteiger partial charge on any atom is 0.412 e. The molecule has 0 fully saturated rings. The third-order valence-corrected chi connectivity index (χ3v) is 2.61. The molecule has 0 saturated carbocycles. The fourth-order valence-electron chi connectivity index (χ4n) is 1.62. The molecule has 1 heterocycles. The van der Waals surface area contributed by atoms with Crippen LogP contribution in [0.4, 0.5) is 22.0 Å². The molecule has 104 valence electrons. The van der Waals surface area contributed by atoms with Crippen LogP contribution in [0.3, 0.4) is 0 Å². The smallest absolute Gasteiger partial charge is 0.412 e. The topological polar surface area (TPSA) is 63.2 Å². The van der Waals surface area contributed by atoms with Gasteiger partial charge in [-0.25, -0.2) is 9.78 Å². The highest BCUT2D eigenvalue weighted by molar-refractivity contribution is 5.83.